The standard InChI is InChI=1S/C22H26ClN3O4S/c1-16(2)20(24-21(27)17-8-10-18(23)11-9-17)22(28)25-12-14-26(15-13-25)31(29,30)19-6-4-3-5-7-19/h3-11,16,20H,12-15H2,1-2H3,(H,24,27)/t20-/m0/s1. The van der Waals surface area contributed by atoms with Crippen LogP contribution in [0.2, 0.25) is 5.02 Å². The molecule has 3 rings (SSSR count). The molecule has 1 atom stereocenters. The third-order valence-corrected chi connectivity index (χ3v) is 7.42. The third-order valence-electron chi connectivity index (χ3n) is 5.26. The second-order valence-corrected chi connectivity index (χ2v) is 10.1. The number of benzene rings is 2. The maximum absolute atomic E-state index is 13.1. The summed E-state index contributed by atoms with van der Waals surface area (Å²) in [6.45, 7) is 4.68. The molecule has 2 aromatic rings. The molecule has 1 aliphatic rings. The number of carbonyl (C=O) groups excluding carboxylic acids is 2. The van der Waals surface area contributed by atoms with Gasteiger partial charge in [0.05, 0.1) is 4.90 Å². The minimum absolute atomic E-state index is 0.130. The van der Waals surface area contributed by atoms with Crippen LogP contribution in [-0.2, 0) is 14.8 Å². The van der Waals surface area contributed by atoms with Crippen molar-refractivity contribution in [3.8, 4) is 0 Å². The highest BCUT2D eigenvalue weighted by atomic mass is 35.5. The fourth-order valence-corrected chi connectivity index (χ4v) is 5.00. The van der Waals surface area contributed by atoms with E-state index < -0.39 is 16.1 Å². The van der Waals surface area contributed by atoms with Gasteiger partial charge in [0.25, 0.3) is 5.91 Å². The van der Waals surface area contributed by atoms with Crippen molar-refractivity contribution in [3.05, 3.63) is 65.2 Å². The minimum atomic E-state index is -3.59. The Morgan fingerprint density at radius 2 is 1.52 bits per heavy atom. The predicted octanol–water partition coefficient (Wildman–Crippen LogP) is 2.63. The van der Waals surface area contributed by atoms with Crippen LogP contribution in [0.5, 0.6) is 0 Å². The molecule has 2 aromatic carbocycles. The Morgan fingerprint density at radius 1 is 0.935 bits per heavy atom. The minimum Gasteiger partial charge on any atom is -0.340 e. The van der Waals surface area contributed by atoms with Crippen LogP contribution in [0.25, 0.3) is 0 Å². The molecule has 0 spiro atoms. The van der Waals surface area contributed by atoms with Gasteiger partial charge in [-0.15, -0.1) is 0 Å². The first-order chi connectivity index (χ1) is 14.7. The lowest BCUT2D eigenvalue weighted by molar-refractivity contribution is -0.135. The molecule has 0 radical (unpaired) electrons. The second kappa shape index (κ2) is 9.80. The first-order valence-corrected chi connectivity index (χ1v) is 11.9. The number of halogens is 1. The van der Waals surface area contributed by atoms with Crippen LogP contribution in [-0.4, -0.2) is 61.7 Å². The summed E-state index contributed by atoms with van der Waals surface area (Å²) < 4.78 is 27.0. The van der Waals surface area contributed by atoms with Gasteiger partial charge < -0.3 is 10.2 Å². The number of hydrogen-bond acceptors (Lipinski definition) is 4. The zero-order valence-corrected chi connectivity index (χ0v) is 19.1. The van der Waals surface area contributed by atoms with Crippen LogP contribution in [0.4, 0.5) is 0 Å². The Hall–Kier alpha value is -2.42. The maximum atomic E-state index is 13.1. The highest BCUT2D eigenvalue weighted by Gasteiger charge is 2.34. The summed E-state index contributed by atoms with van der Waals surface area (Å²) >= 11 is 5.87. The number of piperazine rings is 1. The number of amides is 2. The predicted molar refractivity (Wildman–Crippen MR) is 119 cm³/mol. The highest BCUT2D eigenvalue weighted by molar-refractivity contribution is 7.89. The summed E-state index contributed by atoms with van der Waals surface area (Å²) in [4.78, 5) is 27.6. The second-order valence-electron chi connectivity index (χ2n) is 7.74. The molecule has 2 amide bonds. The van der Waals surface area contributed by atoms with Crippen molar-refractivity contribution in [1.29, 1.82) is 0 Å². The third kappa shape index (κ3) is 5.44. The van der Waals surface area contributed by atoms with Gasteiger partial charge in [-0.1, -0.05) is 43.6 Å². The Labute approximate surface area is 188 Å². The number of nitrogens with one attached hydrogen (secondary N) is 1. The number of hydrogen-bond donors (Lipinski definition) is 1. The van der Waals surface area contributed by atoms with Gasteiger partial charge >= 0.3 is 0 Å². The molecule has 1 saturated heterocycles. The van der Waals surface area contributed by atoms with Gasteiger partial charge in [-0.25, -0.2) is 8.42 Å². The van der Waals surface area contributed by atoms with Gasteiger partial charge in [0.15, 0.2) is 0 Å². The van der Waals surface area contributed by atoms with Crippen molar-refractivity contribution in [3.63, 3.8) is 0 Å². The van der Waals surface area contributed by atoms with Crippen molar-refractivity contribution >= 4 is 33.4 Å². The van der Waals surface area contributed by atoms with Gasteiger partial charge in [0.1, 0.15) is 6.04 Å². The van der Waals surface area contributed by atoms with E-state index in [1.54, 1.807) is 59.5 Å². The van der Waals surface area contributed by atoms with E-state index in [4.69, 9.17) is 11.6 Å². The summed E-state index contributed by atoms with van der Waals surface area (Å²) in [7, 11) is -3.59. The van der Waals surface area contributed by atoms with E-state index in [1.807, 2.05) is 13.8 Å². The number of nitrogens with zero attached hydrogens (tertiary/aromatic N) is 2. The van der Waals surface area contributed by atoms with Gasteiger partial charge in [0, 0.05) is 36.8 Å². The Morgan fingerprint density at radius 3 is 2.06 bits per heavy atom. The molecule has 166 valence electrons. The molecule has 1 fully saturated rings. The van der Waals surface area contributed by atoms with Gasteiger partial charge in [-0.2, -0.15) is 4.31 Å². The molecule has 0 bridgehead atoms. The van der Waals surface area contributed by atoms with Crippen molar-refractivity contribution in [2.24, 2.45) is 5.92 Å². The van der Waals surface area contributed by atoms with E-state index in [9.17, 15) is 18.0 Å². The molecule has 31 heavy (non-hydrogen) atoms. The Bertz CT molecular complexity index is 1020. The molecule has 1 N–H and O–H groups in total. The number of carbonyl (C=O) groups is 2. The fourth-order valence-electron chi connectivity index (χ4n) is 3.43. The van der Waals surface area contributed by atoms with Gasteiger partial charge in [-0.05, 0) is 42.3 Å². The first kappa shape index (κ1) is 23.2. The van der Waals surface area contributed by atoms with Crippen molar-refractivity contribution in [1.82, 2.24) is 14.5 Å². The summed E-state index contributed by atoms with van der Waals surface area (Å²) in [6.07, 6.45) is 0. The van der Waals surface area contributed by atoms with E-state index >= 15 is 0 Å². The van der Waals surface area contributed by atoms with Crippen LogP contribution in [0.3, 0.4) is 0 Å². The SMILES string of the molecule is CC(C)[C@H](NC(=O)c1ccc(Cl)cc1)C(=O)N1CCN(S(=O)(=O)c2ccccc2)CC1. The van der Waals surface area contributed by atoms with Crippen LogP contribution in [0, 0.1) is 5.92 Å². The number of rotatable bonds is 6. The van der Waals surface area contributed by atoms with Crippen molar-refractivity contribution < 1.29 is 18.0 Å². The smallest absolute Gasteiger partial charge is 0.251 e. The molecule has 0 unspecified atom stereocenters. The van der Waals surface area contributed by atoms with Crippen LogP contribution < -0.4 is 5.32 Å². The summed E-state index contributed by atoms with van der Waals surface area (Å²) in [6, 6.07) is 14.0. The molecule has 0 saturated carbocycles. The molecule has 0 aromatic heterocycles. The fraction of sp³-hybridized carbons (Fsp3) is 0.364. The summed E-state index contributed by atoms with van der Waals surface area (Å²) in [5.41, 5.74) is 0.418. The summed E-state index contributed by atoms with van der Waals surface area (Å²) in [5, 5.41) is 3.34. The van der Waals surface area contributed by atoms with Gasteiger partial charge in [0.2, 0.25) is 15.9 Å². The molecular weight excluding hydrogens is 438 g/mol. The first-order valence-electron chi connectivity index (χ1n) is 10.1. The zero-order valence-electron chi connectivity index (χ0n) is 17.5. The largest absolute Gasteiger partial charge is 0.340 e. The average molecular weight is 464 g/mol. The zero-order chi connectivity index (χ0) is 22.6. The van der Waals surface area contributed by atoms with E-state index in [2.05, 4.69) is 5.32 Å². The molecule has 0 aliphatic carbocycles. The molecule has 1 heterocycles. The van der Waals surface area contributed by atoms with E-state index in [1.165, 1.54) is 4.31 Å². The van der Waals surface area contributed by atoms with E-state index in [0.29, 0.717) is 10.6 Å². The highest BCUT2D eigenvalue weighted by Crippen LogP contribution is 2.18. The average Bonchev–Trinajstić information content (AvgIpc) is 2.78. The molecule has 7 nitrogen and oxygen atoms in total. The van der Waals surface area contributed by atoms with Crippen molar-refractivity contribution in [2.45, 2.75) is 24.8 Å². The lowest BCUT2D eigenvalue weighted by Crippen LogP contribution is -2.57. The maximum Gasteiger partial charge on any atom is 0.251 e. The lowest BCUT2D eigenvalue weighted by Gasteiger charge is -2.36. The Kier molecular flexibility index (Phi) is 7.35. The van der Waals surface area contributed by atoms with Crippen LogP contribution in [0.1, 0.15) is 24.2 Å². The monoisotopic (exact) mass is 463 g/mol. The molecule has 1 aliphatic heterocycles. The molecular formula is C22H26ClN3O4S. The molecule has 9 heteroatoms. The Balaban J connectivity index is 1.65. The summed E-state index contributed by atoms with van der Waals surface area (Å²) in [5.74, 6) is -0.696. The normalized spacial score (nSPS) is 16.2. The van der Waals surface area contributed by atoms with Crippen molar-refractivity contribution in [2.75, 3.05) is 26.2 Å². The van der Waals surface area contributed by atoms with Crippen LogP contribution >= 0.6 is 11.6 Å². The quantitative estimate of drug-likeness (QED) is 0.713. The number of sulfonamides is 1. The topological polar surface area (TPSA) is 86.8 Å². The lowest BCUT2D eigenvalue weighted by atomic mass is 10.0. The van der Waals surface area contributed by atoms with Gasteiger partial charge in [-0.3, -0.25) is 9.59 Å². The van der Waals surface area contributed by atoms with Crippen LogP contribution in [0.15, 0.2) is 59.5 Å². The van der Waals surface area contributed by atoms with E-state index in [0.717, 1.165) is 0 Å². The van der Waals surface area contributed by atoms with E-state index in [-0.39, 0.29) is 48.8 Å².